The third-order valence-electron chi connectivity index (χ3n) is 3.99. The van der Waals surface area contributed by atoms with Crippen LogP contribution in [-0.4, -0.2) is 5.11 Å². The molecule has 2 aromatic carbocycles. The third-order valence-corrected chi connectivity index (χ3v) is 3.99. The Bertz CT molecular complexity index is 964. The molecule has 7 heteroatoms. The Morgan fingerprint density at radius 2 is 1.79 bits per heavy atom. The summed E-state index contributed by atoms with van der Waals surface area (Å²) in [6.07, 6.45) is 0. The highest BCUT2D eigenvalue weighted by Gasteiger charge is 2.37. The second-order valence-electron chi connectivity index (χ2n) is 5.32. The number of nitrogens with two attached hydrogens (primary N) is 2. The van der Waals surface area contributed by atoms with E-state index in [0.29, 0.717) is 16.9 Å². The molecule has 1 aliphatic heterocycles. The second-order valence-corrected chi connectivity index (χ2v) is 5.32. The SMILES string of the molecule is N#Cc1c(N)cc2c(c1N)C(C(C#N)C#N)c1ccc(O)cc1O2. The van der Waals surface area contributed by atoms with Gasteiger partial charge in [-0.1, -0.05) is 6.07 Å². The molecule has 2 aromatic rings. The summed E-state index contributed by atoms with van der Waals surface area (Å²) in [5, 5.41) is 37.6. The van der Waals surface area contributed by atoms with Crippen molar-refractivity contribution in [3.05, 3.63) is 41.0 Å². The molecule has 0 spiro atoms. The Balaban J connectivity index is 2.36. The zero-order valence-electron chi connectivity index (χ0n) is 12.3. The van der Waals surface area contributed by atoms with Gasteiger partial charge in [-0.2, -0.15) is 15.8 Å². The van der Waals surface area contributed by atoms with E-state index in [2.05, 4.69) is 0 Å². The average Bonchev–Trinajstić information content (AvgIpc) is 2.55. The molecule has 1 aliphatic rings. The van der Waals surface area contributed by atoms with Crippen LogP contribution < -0.4 is 16.2 Å². The lowest BCUT2D eigenvalue weighted by Gasteiger charge is -2.30. The highest BCUT2D eigenvalue weighted by molar-refractivity contribution is 5.78. The number of ether oxygens (including phenoxy) is 1. The summed E-state index contributed by atoms with van der Waals surface area (Å²) in [5.74, 6) is -1.20. The Morgan fingerprint density at radius 1 is 1.08 bits per heavy atom. The van der Waals surface area contributed by atoms with Crippen molar-refractivity contribution in [2.75, 3.05) is 11.5 Å². The summed E-state index contributed by atoms with van der Waals surface area (Å²) in [7, 11) is 0. The largest absolute Gasteiger partial charge is 0.508 e. The smallest absolute Gasteiger partial charge is 0.144 e. The van der Waals surface area contributed by atoms with Crippen LogP contribution in [0.1, 0.15) is 22.6 Å². The van der Waals surface area contributed by atoms with Crippen LogP contribution in [0.25, 0.3) is 0 Å². The maximum atomic E-state index is 9.66. The van der Waals surface area contributed by atoms with E-state index in [-0.39, 0.29) is 28.4 Å². The van der Waals surface area contributed by atoms with Gasteiger partial charge in [0.25, 0.3) is 0 Å². The number of hydrogen-bond donors (Lipinski definition) is 3. The number of nitriles is 3. The molecule has 0 saturated heterocycles. The van der Waals surface area contributed by atoms with Crippen LogP contribution >= 0.6 is 0 Å². The molecule has 5 N–H and O–H groups in total. The number of anilines is 2. The first-order valence-electron chi connectivity index (χ1n) is 6.93. The normalized spacial score (nSPS) is 14.5. The van der Waals surface area contributed by atoms with Crippen LogP contribution in [0.15, 0.2) is 24.3 Å². The molecule has 0 aliphatic carbocycles. The third kappa shape index (κ3) is 2.03. The monoisotopic (exact) mass is 317 g/mol. The minimum atomic E-state index is -1.05. The van der Waals surface area contributed by atoms with Crippen LogP contribution in [-0.2, 0) is 0 Å². The molecule has 3 rings (SSSR count). The van der Waals surface area contributed by atoms with Crippen LogP contribution in [0.4, 0.5) is 11.4 Å². The Hall–Kier alpha value is -3.89. The lowest BCUT2D eigenvalue weighted by atomic mass is 9.78. The molecule has 1 heterocycles. The lowest BCUT2D eigenvalue weighted by molar-refractivity contribution is 0.427. The molecule has 0 amide bonds. The van der Waals surface area contributed by atoms with Crippen molar-refractivity contribution in [3.8, 4) is 35.5 Å². The second kappa shape index (κ2) is 5.39. The van der Waals surface area contributed by atoms with E-state index in [0.717, 1.165) is 0 Å². The van der Waals surface area contributed by atoms with Crippen molar-refractivity contribution in [2.24, 2.45) is 5.92 Å². The summed E-state index contributed by atoms with van der Waals surface area (Å²) in [4.78, 5) is 0. The lowest BCUT2D eigenvalue weighted by Crippen LogP contribution is -2.20. The molecule has 7 nitrogen and oxygen atoms in total. The number of rotatable bonds is 1. The Labute approximate surface area is 137 Å². The molecular formula is C17H11N5O2. The van der Waals surface area contributed by atoms with Crippen molar-refractivity contribution >= 4 is 11.4 Å². The fourth-order valence-electron chi connectivity index (χ4n) is 2.91. The standard InChI is InChI=1S/C17H11N5O2/c18-5-8(6-19)15-10-2-1-9(23)3-13(10)24-14-4-12(21)11(7-20)17(22)16(14)15/h1-4,8,15,23H,21-22H2. The first kappa shape index (κ1) is 15.0. The van der Waals surface area contributed by atoms with Crippen LogP contribution in [0.5, 0.6) is 17.2 Å². The van der Waals surface area contributed by atoms with Crippen LogP contribution in [0.3, 0.4) is 0 Å². The summed E-state index contributed by atoms with van der Waals surface area (Å²) < 4.78 is 5.74. The van der Waals surface area contributed by atoms with Crippen LogP contribution in [0.2, 0.25) is 0 Å². The van der Waals surface area contributed by atoms with Crippen molar-refractivity contribution in [2.45, 2.75) is 5.92 Å². The minimum Gasteiger partial charge on any atom is -0.508 e. The van der Waals surface area contributed by atoms with E-state index in [1.54, 1.807) is 6.07 Å². The van der Waals surface area contributed by atoms with Gasteiger partial charge in [0.05, 0.1) is 29.1 Å². The average molecular weight is 317 g/mol. The number of phenolic OH excluding ortho intramolecular Hbond substituents is 1. The predicted octanol–water partition coefficient (Wildman–Crippen LogP) is 2.33. The van der Waals surface area contributed by atoms with Gasteiger partial charge in [-0.25, -0.2) is 0 Å². The molecule has 0 radical (unpaired) electrons. The minimum absolute atomic E-state index is 0.0176. The van der Waals surface area contributed by atoms with E-state index in [4.69, 9.17) is 16.2 Å². The molecule has 1 unspecified atom stereocenters. The van der Waals surface area contributed by atoms with E-state index in [1.807, 2.05) is 18.2 Å². The summed E-state index contributed by atoms with van der Waals surface area (Å²) in [6.45, 7) is 0. The first-order valence-corrected chi connectivity index (χ1v) is 6.93. The van der Waals surface area contributed by atoms with E-state index < -0.39 is 11.8 Å². The van der Waals surface area contributed by atoms with Gasteiger partial charge in [-0.3, -0.25) is 0 Å². The summed E-state index contributed by atoms with van der Waals surface area (Å²) in [5.41, 5.74) is 13.1. The predicted molar refractivity (Wildman–Crippen MR) is 84.7 cm³/mol. The number of aromatic hydroxyl groups is 1. The van der Waals surface area contributed by atoms with Crippen molar-refractivity contribution in [1.82, 2.24) is 0 Å². The Morgan fingerprint density at radius 3 is 2.42 bits per heavy atom. The van der Waals surface area contributed by atoms with Gasteiger partial charge in [0, 0.05) is 29.2 Å². The van der Waals surface area contributed by atoms with Gasteiger partial charge in [-0.05, 0) is 6.07 Å². The molecule has 24 heavy (non-hydrogen) atoms. The van der Waals surface area contributed by atoms with Crippen LogP contribution in [0, 0.1) is 39.9 Å². The van der Waals surface area contributed by atoms with E-state index >= 15 is 0 Å². The van der Waals surface area contributed by atoms with E-state index in [1.165, 1.54) is 18.2 Å². The fraction of sp³-hybridized carbons (Fsp3) is 0.118. The number of hydrogen-bond acceptors (Lipinski definition) is 7. The number of fused-ring (bicyclic) bond motifs is 2. The molecule has 116 valence electrons. The summed E-state index contributed by atoms with van der Waals surface area (Å²) >= 11 is 0. The number of nitrogens with zero attached hydrogens (tertiary/aromatic N) is 3. The van der Waals surface area contributed by atoms with Gasteiger partial charge >= 0.3 is 0 Å². The topological polar surface area (TPSA) is 153 Å². The maximum Gasteiger partial charge on any atom is 0.144 e. The van der Waals surface area contributed by atoms with Crippen molar-refractivity contribution in [3.63, 3.8) is 0 Å². The van der Waals surface area contributed by atoms with Gasteiger partial charge in [0.15, 0.2) is 0 Å². The molecular weight excluding hydrogens is 306 g/mol. The zero-order chi connectivity index (χ0) is 17.4. The molecule has 0 fully saturated rings. The first-order chi connectivity index (χ1) is 11.5. The van der Waals surface area contributed by atoms with Gasteiger partial charge in [-0.15, -0.1) is 0 Å². The van der Waals surface area contributed by atoms with E-state index in [9.17, 15) is 20.9 Å². The molecule has 1 atom stereocenters. The Kier molecular flexibility index (Phi) is 3.37. The van der Waals surface area contributed by atoms with Gasteiger partial charge in [0.1, 0.15) is 29.2 Å². The van der Waals surface area contributed by atoms with Crippen molar-refractivity contribution in [1.29, 1.82) is 15.8 Å². The number of phenols is 1. The maximum absolute atomic E-state index is 9.66. The highest BCUT2D eigenvalue weighted by Crippen LogP contribution is 2.51. The molecule has 0 saturated carbocycles. The molecule has 0 bridgehead atoms. The zero-order valence-corrected chi connectivity index (χ0v) is 12.3. The number of benzene rings is 2. The number of nitrogen functional groups attached to an aromatic ring is 2. The van der Waals surface area contributed by atoms with Gasteiger partial charge in [0.2, 0.25) is 0 Å². The summed E-state index contributed by atoms with van der Waals surface area (Å²) in [6, 6.07) is 11.7. The van der Waals surface area contributed by atoms with Crippen molar-refractivity contribution < 1.29 is 9.84 Å². The van der Waals surface area contributed by atoms with Gasteiger partial charge < -0.3 is 21.3 Å². The molecule has 0 aromatic heterocycles. The quantitative estimate of drug-likeness (QED) is 0.682. The fourth-order valence-corrected chi connectivity index (χ4v) is 2.91. The highest BCUT2D eigenvalue weighted by atomic mass is 16.5.